The van der Waals surface area contributed by atoms with Crippen molar-refractivity contribution in [1.82, 2.24) is 4.98 Å². The second kappa shape index (κ2) is 3.35. The summed E-state index contributed by atoms with van der Waals surface area (Å²) in [4.78, 5) is 3.98. The molecule has 68 valence electrons. The van der Waals surface area contributed by atoms with E-state index in [1.54, 1.807) is 19.4 Å². The molecule has 1 aromatic carbocycles. The van der Waals surface area contributed by atoms with Gasteiger partial charge in [-0.3, -0.25) is 0 Å². The van der Waals surface area contributed by atoms with Gasteiger partial charge in [0.2, 0.25) is 0 Å². The standard InChI is InChI=1S/C11H8N2O/c1-14-11-4-2-3-8-7-13-9(6-12)5-10(8)11/h2-5,7H,1H3. The van der Waals surface area contributed by atoms with Crippen molar-refractivity contribution in [3.05, 3.63) is 36.2 Å². The van der Waals surface area contributed by atoms with Crippen molar-refractivity contribution in [2.75, 3.05) is 7.11 Å². The van der Waals surface area contributed by atoms with Crippen LogP contribution >= 0.6 is 0 Å². The molecule has 0 aliphatic carbocycles. The molecule has 0 amide bonds. The summed E-state index contributed by atoms with van der Waals surface area (Å²) in [5, 5.41) is 10.6. The number of benzene rings is 1. The Labute approximate surface area is 81.6 Å². The van der Waals surface area contributed by atoms with Gasteiger partial charge in [0.1, 0.15) is 17.5 Å². The summed E-state index contributed by atoms with van der Waals surface area (Å²) in [7, 11) is 1.61. The minimum Gasteiger partial charge on any atom is -0.496 e. The van der Waals surface area contributed by atoms with E-state index in [1.165, 1.54) is 0 Å². The number of hydrogen-bond acceptors (Lipinski definition) is 3. The van der Waals surface area contributed by atoms with Crippen LogP contribution in [-0.4, -0.2) is 12.1 Å². The van der Waals surface area contributed by atoms with E-state index in [9.17, 15) is 0 Å². The van der Waals surface area contributed by atoms with Gasteiger partial charge in [-0.15, -0.1) is 0 Å². The first-order valence-corrected chi connectivity index (χ1v) is 4.18. The van der Waals surface area contributed by atoms with Gasteiger partial charge in [0.25, 0.3) is 0 Å². The third-order valence-electron chi connectivity index (χ3n) is 2.06. The second-order valence-electron chi connectivity index (χ2n) is 2.86. The quantitative estimate of drug-likeness (QED) is 0.681. The minimum atomic E-state index is 0.405. The van der Waals surface area contributed by atoms with Crippen LogP contribution in [0.4, 0.5) is 0 Å². The lowest BCUT2D eigenvalue weighted by molar-refractivity contribution is 0.420. The van der Waals surface area contributed by atoms with Crippen LogP contribution in [-0.2, 0) is 0 Å². The first-order chi connectivity index (χ1) is 6.85. The molecule has 1 heterocycles. The molecule has 0 bridgehead atoms. The molecule has 0 unspecified atom stereocenters. The Balaban J connectivity index is 2.78. The number of rotatable bonds is 1. The van der Waals surface area contributed by atoms with Crippen molar-refractivity contribution in [2.45, 2.75) is 0 Å². The number of fused-ring (bicyclic) bond motifs is 1. The van der Waals surface area contributed by atoms with E-state index < -0.39 is 0 Å². The Hall–Kier alpha value is -2.08. The maximum Gasteiger partial charge on any atom is 0.141 e. The van der Waals surface area contributed by atoms with Crippen molar-refractivity contribution >= 4 is 10.8 Å². The SMILES string of the molecule is COc1cccc2cnc(C#N)cc12. The van der Waals surface area contributed by atoms with E-state index in [-0.39, 0.29) is 0 Å². The molecule has 0 N–H and O–H groups in total. The zero-order valence-electron chi connectivity index (χ0n) is 7.69. The maximum atomic E-state index is 8.71. The molecule has 0 atom stereocenters. The zero-order valence-corrected chi connectivity index (χ0v) is 7.69. The first kappa shape index (κ1) is 8.52. The number of hydrogen-bond donors (Lipinski definition) is 0. The molecule has 1 aromatic heterocycles. The number of methoxy groups -OCH3 is 1. The molecule has 0 spiro atoms. The van der Waals surface area contributed by atoms with Gasteiger partial charge in [-0.1, -0.05) is 12.1 Å². The zero-order chi connectivity index (χ0) is 9.97. The summed E-state index contributed by atoms with van der Waals surface area (Å²) in [6.45, 7) is 0. The number of ether oxygens (including phenoxy) is 1. The molecule has 0 aliphatic heterocycles. The van der Waals surface area contributed by atoms with Crippen LogP contribution in [0.2, 0.25) is 0 Å². The van der Waals surface area contributed by atoms with E-state index in [0.717, 1.165) is 16.5 Å². The number of aromatic nitrogens is 1. The smallest absolute Gasteiger partial charge is 0.141 e. The lowest BCUT2D eigenvalue weighted by atomic mass is 10.1. The summed E-state index contributed by atoms with van der Waals surface area (Å²) >= 11 is 0. The van der Waals surface area contributed by atoms with Crippen molar-refractivity contribution in [2.24, 2.45) is 0 Å². The second-order valence-corrected chi connectivity index (χ2v) is 2.86. The molecule has 0 aliphatic rings. The predicted octanol–water partition coefficient (Wildman–Crippen LogP) is 2.12. The van der Waals surface area contributed by atoms with Gasteiger partial charge in [-0.25, -0.2) is 4.98 Å². The van der Waals surface area contributed by atoms with Gasteiger partial charge in [-0.2, -0.15) is 5.26 Å². The molecule has 0 saturated heterocycles. The Morgan fingerprint density at radius 2 is 2.29 bits per heavy atom. The lowest BCUT2D eigenvalue weighted by Gasteiger charge is -2.04. The fraction of sp³-hybridized carbons (Fsp3) is 0.0909. The molecule has 2 rings (SSSR count). The Morgan fingerprint density at radius 1 is 1.43 bits per heavy atom. The van der Waals surface area contributed by atoms with Crippen LogP contribution in [0.5, 0.6) is 5.75 Å². The van der Waals surface area contributed by atoms with Gasteiger partial charge >= 0.3 is 0 Å². The Morgan fingerprint density at radius 3 is 3.00 bits per heavy atom. The minimum absolute atomic E-state index is 0.405. The highest BCUT2D eigenvalue weighted by atomic mass is 16.5. The van der Waals surface area contributed by atoms with Crippen molar-refractivity contribution < 1.29 is 4.74 Å². The van der Waals surface area contributed by atoms with Crippen molar-refractivity contribution in [3.8, 4) is 11.8 Å². The summed E-state index contributed by atoms with van der Waals surface area (Å²) in [6.07, 6.45) is 1.68. The largest absolute Gasteiger partial charge is 0.496 e. The highest BCUT2D eigenvalue weighted by molar-refractivity contribution is 5.88. The number of nitrogens with zero attached hydrogens (tertiary/aromatic N) is 2. The highest BCUT2D eigenvalue weighted by Crippen LogP contribution is 2.24. The van der Waals surface area contributed by atoms with Crippen LogP contribution in [0.15, 0.2) is 30.5 Å². The monoisotopic (exact) mass is 184 g/mol. The molecular formula is C11H8N2O. The fourth-order valence-corrected chi connectivity index (χ4v) is 1.38. The molecule has 14 heavy (non-hydrogen) atoms. The molecule has 0 saturated carbocycles. The van der Waals surface area contributed by atoms with Crippen LogP contribution in [0, 0.1) is 11.3 Å². The number of pyridine rings is 1. The van der Waals surface area contributed by atoms with Gasteiger partial charge in [0.05, 0.1) is 7.11 Å². The maximum absolute atomic E-state index is 8.71. The van der Waals surface area contributed by atoms with Crippen LogP contribution in [0.3, 0.4) is 0 Å². The molecule has 2 aromatic rings. The summed E-state index contributed by atoms with van der Waals surface area (Å²) in [5.41, 5.74) is 0.405. The third kappa shape index (κ3) is 1.27. The molecule has 3 heteroatoms. The van der Waals surface area contributed by atoms with Gasteiger partial charge in [-0.05, 0) is 12.1 Å². The molecule has 0 radical (unpaired) electrons. The Kier molecular flexibility index (Phi) is 2.04. The van der Waals surface area contributed by atoms with Gasteiger partial charge in [0, 0.05) is 17.0 Å². The van der Waals surface area contributed by atoms with Crippen molar-refractivity contribution in [3.63, 3.8) is 0 Å². The van der Waals surface area contributed by atoms with Crippen molar-refractivity contribution in [1.29, 1.82) is 5.26 Å². The Bertz CT molecular complexity index is 514. The van der Waals surface area contributed by atoms with Crippen LogP contribution in [0.25, 0.3) is 10.8 Å². The summed E-state index contributed by atoms with van der Waals surface area (Å²) < 4.78 is 5.19. The molecule has 0 fully saturated rings. The lowest BCUT2D eigenvalue weighted by Crippen LogP contribution is -1.87. The first-order valence-electron chi connectivity index (χ1n) is 4.18. The fourth-order valence-electron chi connectivity index (χ4n) is 1.38. The van der Waals surface area contributed by atoms with E-state index in [2.05, 4.69) is 4.98 Å². The predicted molar refractivity (Wildman–Crippen MR) is 53.0 cm³/mol. The average Bonchev–Trinajstić information content (AvgIpc) is 2.27. The van der Waals surface area contributed by atoms with E-state index in [1.807, 2.05) is 24.3 Å². The van der Waals surface area contributed by atoms with Gasteiger partial charge in [0.15, 0.2) is 0 Å². The van der Waals surface area contributed by atoms with Crippen LogP contribution in [0.1, 0.15) is 5.69 Å². The van der Waals surface area contributed by atoms with Gasteiger partial charge < -0.3 is 4.74 Å². The average molecular weight is 184 g/mol. The molecule has 3 nitrogen and oxygen atoms in total. The summed E-state index contributed by atoms with van der Waals surface area (Å²) in [6, 6.07) is 9.43. The molecular weight excluding hydrogens is 176 g/mol. The van der Waals surface area contributed by atoms with E-state index in [4.69, 9.17) is 10.00 Å². The number of nitriles is 1. The highest BCUT2D eigenvalue weighted by Gasteiger charge is 2.02. The third-order valence-corrected chi connectivity index (χ3v) is 2.06. The summed E-state index contributed by atoms with van der Waals surface area (Å²) in [5.74, 6) is 0.765. The van der Waals surface area contributed by atoms with Crippen LogP contribution < -0.4 is 4.74 Å². The topological polar surface area (TPSA) is 45.9 Å². The van der Waals surface area contributed by atoms with E-state index >= 15 is 0 Å². The van der Waals surface area contributed by atoms with E-state index in [0.29, 0.717) is 5.69 Å². The normalized spacial score (nSPS) is 9.71.